The summed E-state index contributed by atoms with van der Waals surface area (Å²) in [6.07, 6.45) is -0.597. The van der Waals surface area contributed by atoms with E-state index < -0.39 is 53.3 Å². The van der Waals surface area contributed by atoms with Crippen molar-refractivity contribution >= 4 is 11.9 Å². The summed E-state index contributed by atoms with van der Waals surface area (Å²) in [4.78, 5) is 24.7. The highest BCUT2D eigenvalue weighted by Gasteiger charge is 2.60. The Kier molecular flexibility index (Phi) is 4.02. The Balaban J connectivity index is 1.98. The lowest BCUT2D eigenvalue weighted by Gasteiger charge is -2.29. The van der Waals surface area contributed by atoms with Gasteiger partial charge in [-0.05, 0) is 18.6 Å². The zero-order chi connectivity index (χ0) is 20.4. The van der Waals surface area contributed by atoms with E-state index in [9.17, 15) is 27.2 Å². The smallest absolute Gasteiger partial charge is 0.337 e. The molecule has 1 aromatic carbocycles. The molecule has 2 aliphatic heterocycles. The fraction of sp³-hybridized carbons (Fsp3) is 0.368. The van der Waals surface area contributed by atoms with E-state index in [0.717, 1.165) is 13.2 Å². The normalized spacial score (nSPS) is 25.3. The molecule has 5 nitrogen and oxygen atoms in total. The van der Waals surface area contributed by atoms with E-state index in [1.807, 2.05) is 0 Å². The van der Waals surface area contributed by atoms with Crippen LogP contribution in [-0.4, -0.2) is 31.6 Å². The van der Waals surface area contributed by atoms with Crippen molar-refractivity contribution in [2.24, 2.45) is 0 Å². The number of esters is 2. The Morgan fingerprint density at radius 3 is 2.61 bits per heavy atom. The number of hydrogen-bond acceptors (Lipinski definition) is 5. The standard InChI is InChI=1S/C19H15F4NO4/c1-7-13(17(25)27-2)15(16-12(24-7)6-28-18(16)26)9-3-8(20)4-11(21)14(9)10-5-19(10,22)23/h3-4,10,15,24H,5-6H2,1-2H3/t10-,15+/m0/s1. The molecule has 0 radical (unpaired) electrons. The van der Waals surface area contributed by atoms with Crippen molar-refractivity contribution in [1.82, 2.24) is 5.32 Å². The number of benzene rings is 1. The van der Waals surface area contributed by atoms with Gasteiger partial charge in [-0.2, -0.15) is 0 Å². The second kappa shape index (κ2) is 6.08. The number of ether oxygens (including phenoxy) is 2. The summed E-state index contributed by atoms with van der Waals surface area (Å²) in [5.74, 6) is -9.68. The van der Waals surface area contributed by atoms with E-state index in [-0.39, 0.29) is 29.0 Å². The van der Waals surface area contributed by atoms with E-state index >= 15 is 0 Å². The summed E-state index contributed by atoms with van der Waals surface area (Å²) >= 11 is 0. The fourth-order valence-corrected chi connectivity index (χ4v) is 3.90. The Hall–Kier alpha value is -2.84. The van der Waals surface area contributed by atoms with Gasteiger partial charge in [0.25, 0.3) is 5.92 Å². The van der Waals surface area contributed by atoms with Crippen molar-refractivity contribution in [3.8, 4) is 0 Å². The Morgan fingerprint density at radius 1 is 1.32 bits per heavy atom. The van der Waals surface area contributed by atoms with Gasteiger partial charge < -0.3 is 14.8 Å². The molecular formula is C19H15F4NO4. The molecule has 2 atom stereocenters. The van der Waals surface area contributed by atoms with Crippen LogP contribution in [0.4, 0.5) is 17.6 Å². The lowest BCUT2D eigenvalue weighted by molar-refractivity contribution is -0.136. The quantitative estimate of drug-likeness (QED) is 0.628. The molecule has 1 saturated carbocycles. The summed E-state index contributed by atoms with van der Waals surface area (Å²) in [7, 11) is 1.11. The van der Waals surface area contributed by atoms with Crippen molar-refractivity contribution in [3.63, 3.8) is 0 Å². The van der Waals surface area contributed by atoms with Crippen LogP contribution in [-0.2, 0) is 19.1 Å². The second-order valence-corrected chi connectivity index (χ2v) is 6.96. The van der Waals surface area contributed by atoms with Crippen molar-refractivity contribution < 1.29 is 36.6 Å². The maximum atomic E-state index is 14.6. The van der Waals surface area contributed by atoms with E-state index in [2.05, 4.69) is 5.32 Å². The first-order valence-electron chi connectivity index (χ1n) is 8.48. The molecule has 2 heterocycles. The average Bonchev–Trinajstić information content (AvgIpc) is 3.08. The lowest BCUT2D eigenvalue weighted by atomic mass is 9.78. The molecule has 1 N–H and O–H groups in total. The zero-order valence-corrected chi connectivity index (χ0v) is 14.9. The van der Waals surface area contributed by atoms with Crippen LogP contribution in [0.15, 0.2) is 34.7 Å². The van der Waals surface area contributed by atoms with E-state index in [4.69, 9.17) is 9.47 Å². The SMILES string of the molecule is COC(=O)C1=C(C)NC2=C(C(=O)OC2)[C@@H]1c1cc(F)cc(F)c1[C@@H]1CC1(F)F. The maximum absolute atomic E-state index is 14.6. The van der Waals surface area contributed by atoms with Crippen LogP contribution < -0.4 is 5.32 Å². The van der Waals surface area contributed by atoms with Crippen molar-refractivity contribution in [3.05, 3.63) is 57.4 Å². The predicted molar refractivity (Wildman–Crippen MR) is 87.2 cm³/mol. The van der Waals surface area contributed by atoms with Gasteiger partial charge in [-0.15, -0.1) is 0 Å². The number of alkyl halides is 2. The summed E-state index contributed by atoms with van der Waals surface area (Å²) in [5.41, 5.74) is -0.131. The Labute approximate surface area is 157 Å². The van der Waals surface area contributed by atoms with Gasteiger partial charge in [-0.25, -0.2) is 27.2 Å². The third kappa shape index (κ3) is 2.68. The number of dihydropyridines is 1. The van der Waals surface area contributed by atoms with Gasteiger partial charge in [-0.1, -0.05) is 0 Å². The van der Waals surface area contributed by atoms with Crippen LogP contribution in [0.25, 0.3) is 0 Å². The highest BCUT2D eigenvalue weighted by Crippen LogP contribution is 2.59. The van der Waals surface area contributed by atoms with Gasteiger partial charge in [0, 0.05) is 23.7 Å². The molecule has 4 rings (SSSR count). The van der Waals surface area contributed by atoms with Crippen molar-refractivity contribution in [1.29, 1.82) is 0 Å². The van der Waals surface area contributed by atoms with Crippen LogP contribution in [0.3, 0.4) is 0 Å². The third-order valence-electron chi connectivity index (χ3n) is 5.23. The first kappa shape index (κ1) is 18.5. The summed E-state index contributed by atoms with van der Waals surface area (Å²) < 4.78 is 66.0. The predicted octanol–water partition coefficient (Wildman–Crippen LogP) is 3.03. The zero-order valence-electron chi connectivity index (χ0n) is 14.9. The number of allylic oxidation sites excluding steroid dienone is 1. The minimum atomic E-state index is -3.14. The molecule has 0 spiro atoms. The number of hydrogen-bond donors (Lipinski definition) is 1. The molecule has 1 fully saturated rings. The van der Waals surface area contributed by atoms with Crippen LogP contribution in [0.1, 0.15) is 36.3 Å². The molecule has 0 aromatic heterocycles. The molecule has 0 unspecified atom stereocenters. The molecule has 3 aliphatic rings. The maximum Gasteiger partial charge on any atom is 0.337 e. The first-order chi connectivity index (χ1) is 13.2. The monoisotopic (exact) mass is 397 g/mol. The van der Waals surface area contributed by atoms with Gasteiger partial charge in [-0.3, -0.25) is 0 Å². The molecule has 0 amide bonds. The molecule has 0 bridgehead atoms. The first-order valence-corrected chi connectivity index (χ1v) is 8.48. The number of rotatable bonds is 3. The van der Waals surface area contributed by atoms with Crippen molar-refractivity contribution in [2.45, 2.75) is 31.1 Å². The summed E-state index contributed by atoms with van der Waals surface area (Å²) in [6, 6.07) is 1.40. The molecule has 148 valence electrons. The topological polar surface area (TPSA) is 64.6 Å². The van der Waals surface area contributed by atoms with Crippen molar-refractivity contribution in [2.75, 3.05) is 13.7 Å². The van der Waals surface area contributed by atoms with E-state index in [0.29, 0.717) is 11.8 Å². The van der Waals surface area contributed by atoms with Crippen LogP contribution in [0.2, 0.25) is 0 Å². The minimum absolute atomic E-state index is 0.0405. The molecule has 9 heteroatoms. The van der Waals surface area contributed by atoms with Gasteiger partial charge in [0.1, 0.15) is 18.2 Å². The van der Waals surface area contributed by atoms with Gasteiger partial charge in [0.05, 0.1) is 35.8 Å². The number of carbonyl (C=O) groups excluding carboxylic acids is 2. The molecule has 1 aromatic rings. The molecule has 28 heavy (non-hydrogen) atoms. The Bertz CT molecular complexity index is 982. The minimum Gasteiger partial charge on any atom is -0.466 e. The lowest BCUT2D eigenvalue weighted by Crippen LogP contribution is -2.30. The summed E-state index contributed by atoms with van der Waals surface area (Å²) in [6.45, 7) is 1.40. The molecule has 1 aliphatic carbocycles. The highest BCUT2D eigenvalue weighted by atomic mass is 19.3. The number of halogens is 4. The van der Waals surface area contributed by atoms with Gasteiger partial charge >= 0.3 is 11.9 Å². The molecule has 0 saturated heterocycles. The Morgan fingerprint density at radius 2 is 2.00 bits per heavy atom. The van der Waals surface area contributed by atoms with E-state index in [1.54, 1.807) is 0 Å². The fourth-order valence-electron chi connectivity index (χ4n) is 3.90. The third-order valence-corrected chi connectivity index (χ3v) is 5.23. The second-order valence-electron chi connectivity index (χ2n) is 6.96. The number of nitrogens with one attached hydrogen (secondary N) is 1. The van der Waals surface area contributed by atoms with Crippen LogP contribution >= 0.6 is 0 Å². The van der Waals surface area contributed by atoms with E-state index in [1.165, 1.54) is 6.92 Å². The average molecular weight is 397 g/mol. The van der Waals surface area contributed by atoms with Gasteiger partial charge in [0.2, 0.25) is 0 Å². The summed E-state index contributed by atoms with van der Waals surface area (Å²) in [5, 5.41) is 2.86. The number of carbonyl (C=O) groups is 2. The van der Waals surface area contributed by atoms with Gasteiger partial charge in [0.15, 0.2) is 0 Å². The highest BCUT2D eigenvalue weighted by molar-refractivity contribution is 6.01. The number of methoxy groups -OCH3 is 1. The number of cyclic esters (lactones) is 1. The largest absolute Gasteiger partial charge is 0.466 e. The van der Waals surface area contributed by atoms with Crippen LogP contribution in [0.5, 0.6) is 0 Å². The molecular weight excluding hydrogens is 382 g/mol. The van der Waals surface area contributed by atoms with Crippen LogP contribution in [0, 0.1) is 11.6 Å².